The second-order valence-electron chi connectivity index (χ2n) is 20.9. The minimum absolute atomic E-state index is 0.537. The van der Waals surface area contributed by atoms with Crippen molar-refractivity contribution in [2.24, 2.45) is 56.4 Å². The van der Waals surface area contributed by atoms with E-state index in [1.807, 2.05) is 154 Å². The van der Waals surface area contributed by atoms with Gasteiger partial charge in [-0.15, -0.1) is 0 Å². The molecule has 8 aromatic rings. The molecular weight excluding hydrogens is 933 g/mol. The molecule has 0 spiro atoms. The molecule has 0 unspecified atom stereocenters. The molecule has 16 heteroatoms. The summed E-state index contributed by atoms with van der Waals surface area (Å²) >= 11 is 0. The first kappa shape index (κ1) is 66.7. The Bertz CT molecular complexity index is 2640. The number of rotatable bonds is 3. The lowest BCUT2D eigenvalue weighted by Gasteiger charge is -2.01. The SMILES string of the molecule is Cc1cn(C)c(C)n1.Cc1cn(C)c(C)n1.Cc1nc(C(C)C)c(C)n1C.Cc1nc(C(C)C)c(C)n1C.Cc1nc(C(C)C)cn1C.Cc1nc(C)n(C)c1C.Cc1nc(C)n(C)c1C.Cc1nc(C)n(C)c1C. The molecule has 16 nitrogen and oxygen atoms in total. The van der Waals surface area contributed by atoms with Gasteiger partial charge in [0.05, 0.1) is 45.6 Å². The summed E-state index contributed by atoms with van der Waals surface area (Å²) in [5, 5.41) is 0. The Hall–Kier alpha value is -6.32. The van der Waals surface area contributed by atoms with Gasteiger partial charge in [0.1, 0.15) is 46.6 Å². The molecule has 0 saturated carbocycles. The van der Waals surface area contributed by atoms with Crippen LogP contribution in [0, 0.1) is 125 Å². The van der Waals surface area contributed by atoms with Crippen LogP contribution in [0.15, 0.2) is 18.6 Å². The lowest BCUT2D eigenvalue weighted by molar-refractivity contribution is 0.803. The van der Waals surface area contributed by atoms with Gasteiger partial charge in [-0.1, -0.05) is 41.5 Å². The smallest absolute Gasteiger partial charge is 0.105 e. The van der Waals surface area contributed by atoms with Crippen LogP contribution in [0.1, 0.15) is 180 Å². The molecule has 8 rings (SSSR count). The summed E-state index contributed by atoms with van der Waals surface area (Å²) < 4.78 is 16.6. The first-order chi connectivity index (χ1) is 34.5. The van der Waals surface area contributed by atoms with Crippen LogP contribution in [-0.2, 0) is 56.4 Å². The number of hydrogen-bond acceptors (Lipinski definition) is 8. The summed E-state index contributed by atoms with van der Waals surface area (Å²) in [5.74, 6) is 10.3. The highest BCUT2D eigenvalue weighted by atomic mass is 15.1. The highest BCUT2D eigenvalue weighted by molar-refractivity contribution is 5.19. The molecule has 0 aliphatic heterocycles. The predicted octanol–water partition coefficient (Wildman–Crippen LogP) is 12.3. The zero-order valence-corrected chi connectivity index (χ0v) is 53.1. The Morgan fingerprint density at radius 3 is 0.587 bits per heavy atom. The summed E-state index contributed by atoms with van der Waals surface area (Å²) in [4.78, 5) is 34.5. The third kappa shape index (κ3) is 19.7. The lowest BCUT2D eigenvalue weighted by Crippen LogP contribution is -1.95. The minimum atomic E-state index is 0.537. The standard InChI is InChI=1S/2C9H16N2.C8H14N2.3C7H12N2.2C6H10N2/c2*1-6(2)9-7(3)11(5)8(4)10-9;1-6(2)8-5-10(4)7(3)9-8;3*1-5-6(2)9(4)7(3)8-5;2*1-5-4-8(3)6(2)7-5/h2*6H,1-5H3;5-6H,1-4H3;3*1-4H3;2*4H,1-3H3. The first-order valence-electron chi connectivity index (χ1n) is 26.3. The topological polar surface area (TPSA) is 143 Å². The molecule has 0 atom stereocenters. The third-order valence-corrected chi connectivity index (χ3v) is 14.1. The number of imidazole rings is 8. The van der Waals surface area contributed by atoms with Crippen LogP contribution in [0.3, 0.4) is 0 Å². The van der Waals surface area contributed by atoms with Gasteiger partial charge in [-0.25, -0.2) is 39.9 Å². The average Bonchev–Trinajstić information content (AvgIpc) is 4.18. The summed E-state index contributed by atoms with van der Waals surface area (Å²) in [7, 11) is 16.2. The van der Waals surface area contributed by atoms with Gasteiger partial charge in [-0.2, -0.15) is 0 Å². The Morgan fingerprint density at radius 1 is 0.267 bits per heavy atom. The average molecular weight is 1040 g/mol. The van der Waals surface area contributed by atoms with Crippen LogP contribution >= 0.6 is 0 Å². The van der Waals surface area contributed by atoms with Gasteiger partial charge in [-0.05, 0) is 142 Å². The molecule has 8 aromatic heterocycles. The second kappa shape index (κ2) is 29.7. The Morgan fingerprint density at radius 2 is 0.507 bits per heavy atom. The highest BCUT2D eigenvalue weighted by Gasteiger charge is 2.12. The summed E-state index contributed by atoms with van der Waals surface area (Å²) in [6.07, 6.45) is 6.10. The highest BCUT2D eigenvalue weighted by Crippen LogP contribution is 2.19. The molecular formula is C59H102N16. The van der Waals surface area contributed by atoms with E-state index >= 15 is 0 Å². The zero-order chi connectivity index (χ0) is 58.3. The molecule has 0 aliphatic rings. The quantitative estimate of drug-likeness (QED) is 0.170. The van der Waals surface area contributed by atoms with Crippen molar-refractivity contribution < 1.29 is 0 Å². The van der Waals surface area contributed by atoms with Crippen molar-refractivity contribution in [1.82, 2.24) is 76.4 Å². The van der Waals surface area contributed by atoms with E-state index in [2.05, 4.69) is 164 Å². The van der Waals surface area contributed by atoms with E-state index in [0.29, 0.717) is 17.8 Å². The van der Waals surface area contributed by atoms with Crippen LogP contribution in [0.4, 0.5) is 0 Å². The zero-order valence-electron chi connectivity index (χ0n) is 53.1. The summed E-state index contributed by atoms with van der Waals surface area (Å²) in [5.41, 5.74) is 15.6. The van der Waals surface area contributed by atoms with E-state index in [1.165, 1.54) is 45.6 Å². The van der Waals surface area contributed by atoms with E-state index in [1.54, 1.807) is 0 Å². The summed E-state index contributed by atoms with van der Waals surface area (Å²) in [6.45, 7) is 49.7. The Balaban J connectivity index is 0.000000430. The van der Waals surface area contributed by atoms with Crippen molar-refractivity contribution in [2.75, 3.05) is 0 Å². The van der Waals surface area contributed by atoms with Crippen LogP contribution in [-0.4, -0.2) is 76.4 Å². The predicted molar refractivity (Wildman–Crippen MR) is 313 cm³/mol. The number of hydrogen-bond donors (Lipinski definition) is 0. The van der Waals surface area contributed by atoms with Gasteiger partial charge in [-0.3, -0.25) is 0 Å². The fraction of sp³-hybridized carbons (Fsp3) is 0.593. The van der Waals surface area contributed by atoms with Gasteiger partial charge in [0.15, 0.2) is 0 Å². The fourth-order valence-electron chi connectivity index (χ4n) is 7.57. The molecule has 0 saturated heterocycles. The molecule has 0 amide bonds. The molecule has 8 heterocycles. The summed E-state index contributed by atoms with van der Waals surface area (Å²) in [6, 6.07) is 0. The van der Waals surface area contributed by atoms with E-state index in [4.69, 9.17) is 0 Å². The van der Waals surface area contributed by atoms with E-state index in [-0.39, 0.29) is 0 Å². The molecule has 75 heavy (non-hydrogen) atoms. The van der Waals surface area contributed by atoms with Gasteiger partial charge < -0.3 is 36.5 Å². The fourth-order valence-corrected chi connectivity index (χ4v) is 7.57. The van der Waals surface area contributed by atoms with E-state index in [0.717, 1.165) is 75.1 Å². The normalized spacial score (nSPS) is 10.5. The van der Waals surface area contributed by atoms with Crippen molar-refractivity contribution in [2.45, 2.75) is 184 Å². The Labute approximate surface area is 454 Å². The molecule has 0 aromatic carbocycles. The first-order valence-corrected chi connectivity index (χ1v) is 26.3. The molecule has 0 fully saturated rings. The van der Waals surface area contributed by atoms with Gasteiger partial charge in [0.25, 0.3) is 0 Å². The van der Waals surface area contributed by atoms with Crippen molar-refractivity contribution >= 4 is 0 Å². The maximum Gasteiger partial charge on any atom is 0.105 e. The maximum atomic E-state index is 4.47. The van der Waals surface area contributed by atoms with E-state index < -0.39 is 0 Å². The molecule has 418 valence electrons. The van der Waals surface area contributed by atoms with Crippen molar-refractivity contribution in [3.8, 4) is 0 Å². The van der Waals surface area contributed by atoms with Crippen LogP contribution in [0.5, 0.6) is 0 Å². The van der Waals surface area contributed by atoms with E-state index in [9.17, 15) is 0 Å². The molecule has 0 aliphatic carbocycles. The van der Waals surface area contributed by atoms with Crippen molar-refractivity contribution in [3.05, 3.63) is 139 Å². The monoisotopic (exact) mass is 1030 g/mol. The van der Waals surface area contributed by atoms with Crippen molar-refractivity contribution in [1.29, 1.82) is 0 Å². The molecule has 0 N–H and O–H groups in total. The second-order valence-corrected chi connectivity index (χ2v) is 20.9. The van der Waals surface area contributed by atoms with Gasteiger partial charge in [0, 0.05) is 103 Å². The van der Waals surface area contributed by atoms with Crippen LogP contribution < -0.4 is 0 Å². The molecule has 0 bridgehead atoms. The maximum absolute atomic E-state index is 4.47. The Kier molecular flexibility index (Phi) is 26.4. The molecule has 0 radical (unpaired) electrons. The largest absolute Gasteiger partial charge is 0.338 e. The third-order valence-electron chi connectivity index (χ3n) is 14.1. The number of aryl methyl sites for hydroxylation is 16. The van der Waals surface area contributed by atoms with Crippen LogP contribution in [0.2, 0.25) is 0 Å². The van der Waals surface area contributed by atoms with Crippen LogP contribution in [0.25, 0.3) is 0 Å². The van der Waals surface area contributed by atoms with Crippen molar-refractivity contribution in [3.63, 3.8) is 0 Å². The minimum Gasteiger partial charge on any atom is -0.338 e. The van der Waals surface area contributed by atoms with Gasteiger partial charge >= 0.3 is 0 Å². The number of nitrogens with zero attached hydrogens (tertiary/aromatic N) is 16. The lowest BCUT2D eigenvalue weighted by atomic mass is 10.1. The number of aromatic nitrogens is 16. The van der Waals surface area contributed by atoms with Gasteiger partial charge in [0.2, 0.25) is 0 Å².